The summed E-state index contributed by atoms with van der Waals surface area (Å²) in [5, 5.41) is 2.63. The summed E-state index contributed by atoms with van der Waals surface area (Å²) in [4.78, 5) is 37.9. The van der Waals surface area contributed by atoms with Crippen LogP contribution in [-0.4, -0.2) is 38.0 Å². The molecule has 27 heavy (non-hydrogen) atoms. The quantitative estimate of drug-likeness (QED) is 0.791. The highest BCUT2D eigenvalue weighted by molar-refractivity contribution is 6.00. The van der Waals surface area contributed by atoms with Crippen LogP contribution in [0.25, 0.3) is 0 Å². The van der Waals surface area contributed by atoms with Gasteiger partial charge in [0.05, 0.1) is 13.0 Å². The fraction of sp³-hybridized carbons (Fsp3) is 0.250. The van der Waals surface area contributed by atoms with Crippen LogP contribution in [0.1, 0.15) is 6.42 Å². The molecule has 0 unspecified atom stereocenters. The minimum absolute atomic E-state index is 0.0772. The van der Waals surface area contributed by atoms with Crippen molar-refractivity contribution in [1.82, 2.24) is 0 Å². The lowest BCUT2D eigenvalue weighted by molar-refractivity contribution is -0.151. The van der Waals surface area contributed by atoms with Crippen molar-refractivity contribution in [3.63, 3.8) is 0 Å². The fourth-order valence-electron chi connectivity index (χ4n) is 2.85. The first-order valence-corrected chi connectivity index (χ1v) is 8.53. The molecule has 0 spiro atoms. The van der Waals surface area contributed by atoms with Gasteiger partial charge in [-0.25, -0.2) is 0 Å². The second-order valence-corrected chi connectivity index (χ2v) is 6.13. The van der Waals surface area contributed by atoms with Gasteiger partial charge in [0.15, 0.2) is 6.61 Å². The van der Waals surface area contributed by atoms with Gasteiger partial charge in [0.2, 0.25) is 5.91 Å². The van der Waals surface area contributed by atoms with Crippen molar-refractivity contribution in [2.75, 3.05) is 30.5 Å². The second kappa shape index (κ2) is 8.35. The van der Waals surface area contributed by atoms with Gasteiger partial charge in [-0.3, -0.25) is 14.4 Å². The van der Waals surface area contributed by atoms with Crippen molar-refractivity contribution in [2.45, 2.75) is 6.42 Å². The van der Waals surface area contributed by atoms with Gasteiger partial charge in [-0.2, -0.15) is 0 Å². The SMILES string of the molecule is COc1ccc(NC(=O)COC(=O)[C@@H]2CC(=O)N(c3ccccc3)C2)cc1. The molecule has 3 rings (SSSR count). The second-order valence-electron chi connectivity index (χ2n) is 6.13. The largest absolute Gasteiger partial charge is 0.497 e. The van der Waals surface area contributed by atoms with Crippen molar-refractivity contribution in [2.24, 2.45) is 5.92 Å². The predicted molar refractivity (Wildman–Crippen MR) is 99.5 cm³/mol. The normalized spacial score (nSPS) is 16.1. The number of rotatable bonds is 6. The lowest BCUT2D eigenvalue weighted by Crippen LogP contribution is -2.28. The van der Waals surface area contributed by atoms with E-state index in [4.69, 9.17) is 9.47 Å². The van der Waals surface area contributed by atoms with Crippen molar-refractivity contribution >= 4 is 29.2 Å². The average molecular weight is 368 g/mol. The number of amides is 2. The molecule has 140 valence electrons. The topological polar surface area (TPSA) is 84.9 Å². The molecule has 2 aromatic rings. The molecule has 1 heterocycles. The zero-order valence-corrected chi connectivity index (χ0v) is 14.9. The van der Waals surface area contributed by atoms with Crippen LogP contribution in [0.15, 0.2) is 54.6 Å². The summed E-state index contributed by atoms with van der Waals surface area (Å²) in [7, 11) is 1.56. The minimum atomic E-state index is -0.577. The van der Waals surface area contributed by atoms with E-state index in [2.05, 4.69) is 5.32 Å². The highest BCUT2D eigenvalue weighted by Gasteiger charge is 2.36. The fourth-order valence-corrected chi connectivity index (χ4v) is 2.85. The third-order valence-corrected chi connectivity index (χ3v) is 4.25. The molecule has 7 nitrogen and oxygen atoms in total. The molecule has 1 saturated heterocycles. The van der Waals surface area contributed by atoms with E-state index in [0.717, 1.165) is 5.69 Å². The molecule has 0 radical (unpaired) electrons. The summed E-state index contributed by atoms with van der Waals surface area (Å²) in [6.45, 7) is -0.150. The van der Waals surface area contributed by atoms with E-state index in [1.165, 1.54) is 0 Å². The van der Waals surface area contributed by atoms with E-state index in [1.807, 2.05) is 30.3 Å². The molecular formula is C20H20N2O5. The summed E-state index contributed by atoms with van der Waals surface area (Å²) in [5.74, 6) is -1.03. The molecule has 2 amide bonds. The first-order chi connectivity index (χ1) is 13.1. The van der Waals surface area contributed by atoms with Crippen molar-refractivity contribution < 1.29 is 23.9 Å². The van der Waals surface area contributed by atoms with Crippen LogP contribution in [0.2, 0.25) is 0 Å². The molecule has 7 heteroatoms. The summed E-state index contributed by atoms with van der Waals surface area (Å²) >= 11 is 0. The maximum absolute atomic E-state index is 12.2. The number of methoxy groups -OCH3 is 1. The van der Waals surface area contributed by atoms with Crippen LogP contribution in [0.5, 0.6) is 5.75 Å². The van der Waals surface area contributed by atoms with Gasteiger partial charge < -0.3 is 19.7 Å². The number of esters is 1. The number of carbonyl (C=O) groups is 3. The Balaban J connectivity index is 1.49. The summed E-state index contributed by atoms with van der Waals surface area (Å²) < 4.78 is 10.1. The van der Waals surface area contributed by atoms with Gasteiger partial charge in [-0.1, -0.05) is 18.2 Å². The summed E-state index contributed by atoms with van der Waals surface area (Å²) in [6.07, 6.45) is 0.0772. The Morgan fingerprint density at radius 3 is 2.48 bits per heavy atom. The number of hydrogen-bond acceptors (Lipinski definition) is 5. The highest BCUT2D eigenvalue weighted by atomic mass is 16.5. The maximum Gasteiger partial charge on any atom is 0.311 e. The van der Waals surface area contributed by atoms with Crippen LogP contribution in [0.4, 0.5) is 11.4 Å². The van der Waals surface area contributed by atoms with Crippen LogP contribution >= 0.6 is 0 Å². The lowest BCUT2D eigenvalue weighted by Gasteiger charge is -2.16. The Morgan fingerprint density at radius 1 is 1.11 bits per heavy atom. The first-order valence-electron chi connectivity index (χ1n) is 8.53. The molecule has 0 saturated carbocycles. The van der Waals surface area contributed by atoms with Gasteiger partial charge >= 0.3 is 5.97 Å². The molecule has 1 fully saturated rings. The minimum Gasteiger partial charge on any atom is -0.497 e. The van der Waals surface area contributed by atoms with E-state index in [-0.39, 0.29) is 18.9 Å². The summed E-state index contributed by atoms with van der Waals surface area (Å²) in [6, 6.07) is 15.9. The number of anilines is 2. The summed E-state index contributed by atoms with van der Waals surface area (Å²) in [5.41, 5.74) is 1.32. The Bertz CT molecular complexity index is 820. The number of benzene rings is 2. The van der Waals surface area contributed by atoms with Crippen LogP contribution < -0.4 is 15.0 Å². The number of para-hydroxylation sites is 1. The Kier molecular flexibility index (Phi) is 5.71. The molecule has 1 aliphatic heterocycles. The van der Waals surface area contributed by atoms with Crippen LogP contribution in [0.3, 0.4) is 0 Å². The van der Waals surface area contributed by atoms with Crippen molar-refractivity contribution in [1.29, 1.82) is 0 Å². The van der Waals surface area contributed by atoms with E-state index >= 15 is 0 Å². The highest BCUT2D eigenvalue weighted by Crippen LogP contribution is 2.25. The molecule has 0 bridgehead atoms. The maximum atomic E-state index is 12.2. The van der Waals surface area contributed by atoms with E-state index in [1.54, 1.807) is 36.3 Å². The standard InChI is InChI=1S/C20H20N2O5/c1-26-17-9-7-15(8-10-17)21-18(23)13-27-20(25)14-11-19(24)22(12-14)16-5-3-2-4-6-16/h2-10,14H,11-13H2,1H3,(H,21,23)/t14-/m1/s1. The Hall–Kier alpha value is -3.35. The van der Waals surface area contributed by atoms with Crippen LogP contribution in [-0.2, 0) is 19.1 Å². The van der Waals surface area contributed by atoms with Gasteiger partial charge in [-0.05, 0) is 36.4 Å². The number of carbonyl (C=O) groups excluding carboxylic acids is 3. The third kappa shape index (κ3) is 4.63. The molecule has 0 aromatic heterocycles. The van der Waals surface area contributed by atoms with Gasteiger partial charge in [0.25, 0.3) is 5.91 Å². The van der Waals surface area contributed by atoms with Crippen molar-refractivity contribution in [3.8, 4) is 5.75 Å². The van der Waals surface area contributed by atoms with E-state index in [9.17, 15) is 14.4 Å². The third-order valence-electron chi connectivity index (χ3n) is 4.25. The van der Waals surface area contributed by atoms with E-state index in [0.29, 0.717) is 11.4 Å². The van der Waals surface area contributed by atoms with Crippen LogP contribution in [0, 0.1) is 5.92 Å². The first kappa shape index (κ1) is 18.4. The zero-order chi connectivity index (χ0) is 19.2. The lowest BCUT2D eigenvalue weighted by atomic mass is 10.1. The molecule has 2 aromatic carbocycles. The Morgan fingerprint density at radius 2 is 1.81 bits per heavy atom. The Labute approximate surface area is 156 Å². The monoisotopic (exact) mass is 368 g/mol. The number of nitrogens with zero attached hydrogens (tertiary/aromatic N) is 1. The average Bonchev–Trinajstić information content (AvgIpc) is 3.09. The number of ether oxygens (including phenoxy) is 2. The number of hydrogen-bond donors (Lipinski definition) is 1. The van der Waals surface area contributed by atoms with Crippen molar-refractivity contribution in [3.05, 3.63) is 54.6 Å². The zero-order valence-electron chi connectivity index (χ0n) is 14.9. The molecule has 0 aliphatic carbocycles. The van der Waals surface area contributed by atoms with Gasteiger partial charge in [-0.15, -0.1) is 0 Å². The molecule has 1 atom stereocenters. The predicted octanol–water partition coefficient (Wildman–Crippen LogP) is 2.23. The smallest absolute Gasteiger partial charge is 0.311 e. The van der Waals surface area contributed by atoms with Gasteiger partial charge in [0.1, 0.15) is 5.75 Å². The molecular weight excluding hydrogens is 348 g/mol. The molecule has 1 aliphatic rings. The molecule has 1 N–H and O–H groups in total. The van der Waals surface area contributed by atoms with Gasteiger partial charge in [0, 0.05) is 24.3 Å². The number of nitrogens with one attached hydrogen (secondary N) is 1. The van der Waals surface area contributed by atoms with E-state index < -0.39 is 24.4 Å².